The van der Waals surface area contributed by atoms with Gasteiger partial charge in [0, 0.05) is 30.9 Å². The summed E-state index contributed by atoms with van der Waals surface area (Å²) in [6.07, 6.45) is 0. The molecule has 0 amide bonds. The van der Waals surface area contributed by atoms with Crippen LogP contribution in [0, 0.1) is 0 Å². The lowest BCUT2D eigenvalue weighted by Gasteiger charge is -2.29. The van der Waals surface area contributed by atoms with Crippen molar-refractivity contribution in [2.45, 2.75) is 52.4 Å². The third kappa shape index (κ3) is 4.04. The molecule has 19 heavy (non-hydrogen) atoms. The highest BCUT2D eigenvalue weighted by Gasteiger charge is 2.26. The van der Waals surface area contributed by atoms with E-state index < -0.39 is 0 Å². The van der Waals surface area contributed by atoms with Crippen LogP contribution in [0.15, 0.2) is 12.1 Å². The number of phenolic OH excluding ortho intramolecular Hbond substituents is 1. The Hall–Kier alpha value is -0.890. The Balaban J connectivity index is 0.00000324. The van der Waals surface area contributed by atoms with Crippen molar-refractivity contribution in [3.63, 3.8) is 0 Å². The van der Waals surface area contributed by atoms with E-state index in [9.17, 15) is 5.11 Å². The summed E-state index contributed by atoms with van der Waals surface area (Å²) in [4.78, 5) is 2.09. The first-order valence-corrected chi connectivity index (χ1v) is 6.50. The molecule has 0 bridgehead atoms. The smallest absolute Gasteiger partial charge is 0.123 e. The predicted octanol–water partition coefficient (Wildman–Crippen LogP) is 4.48. The molecule has 0 radical (unpaired) electrons. The van der Waals surface area contributed by atoms with Crippen molar-refractivity contribution in [1.82, 2.24) is 0 Å². The van der Waals surface area contributed by atoms with E-state index in [2.05, 4.69) is 58.6 Å². The van der Waals surface area contributed by atoms with Crippen LogP contribution in [-0.4, -0.2) is 19.2 Å². The summed E-state index contributed by atoms with van der Waals surface area (Å²) in [5.74, 6) is 0.445. The number of rotatable bonds is 1. The van der Waals surface area contributed by atoms with Crippen LogP contribution < -0.4 is 4.90 Å². The highest BCUT2D eigenvalue weighted by atomic mass is 35.5. The van der Waals surface area contributed by atoms with Gasteiger partial charge in [-0.2, -0.15) is 0 Å². The standard InChI is InChI=1S/C16H27NO.ClH/c1-15(2,3)12-9-11(17(7)8)10-13(14(12)18)16(4,5)6;/h9-10,18H,1-8H3;1H. The fraction of sp³-hybridized carbons (Fsp3) is 0.625. The Morgan fingerprint density at radius 3 is 1.37 bits per heavy atom. The molecule has 2 nitrogen and oxygen atoms in total. The summed E-state index contributed by atoms with van der Waals surface area (Å²) in [7, 11) is 4.07. The number of nitrogens with zero attached hydrogens (tertiary/aromatic N) is 1. The van der Waals surface area contributed by atoms with Gasteiger partial charge in [0.05, 0.1) is 0 Å². The lowest BCUT2D eigenvalue weighted by molar-refractivity contribution is 0.423. The third-order valence-electron chi connectivity index (χ3n) is 3.23. The second kappa shape index (κ2) is 5.62. The van der Waals surface area contributed by atoms with E-state index in [0.29, 0.717) is 5.75 Å². The molecule has 0 aromatic heterocycles. The minimum absolute atomic E-state index is 0. The van der Waals surface area contributed by atoms with Crippen molar-refractivity contribution in [2.24, 2.45) is 0 Å². The topological polar surface area (TPSA) is 23.5 Å². The van der Waals surface area contributed by atoms with Crippen LogP contribution in [0.25, 0.3) is 0 Å². The average Bonchev–Trinajstić information content (AvgIpc) is 2.13. The van der Waals surface area contributed by atoms with Crippen LogP contribution in [0.4, 0.5) is 5.69 Å². The highest BCUT2D eigenvalue weighted by molar-refractivity contribution is 5.85. The third-order valence-corrected chi connectivity index (χ3v) is 3.23. The number of aromatic hydroxyl groups is 1. The molecule has 0 saturated carbocycles. The normalized spacial score (nSPS) is 12.0. The number of benzene rings is 1. The zero-order valence-corrected chi connectivity index (χ0v) is 14.3. The molecule has 0 saturated heterocycles. The Bertz CT molecular complexity index is 404. The molecule has 0 atom stereocenters. The van der Waals surface area contributed by atoms with Gasteiger partial charge in [0.2, 0.25) is 0 Å². The number of halogens is 1. The first kappa shape index (κ1) is 18.1. The minimum atomic E-state index is -0.0594. The number of hydrogen-bond acceptors (Lipinski definition) is 2. The van der Waals surface area contributed by atoms with Crippen LogP contribution in [0.3, 0.4) is 0 Å². The van der Waals surface area contributed by atoms with Crippen molar-refractivity contribution in [3.8, 4) is 5.75 Å². The highest BCUT2D eigenvalue weighted by Crippen LogP contribution is 2.41. The van der Waals surface area contributed by atoms with Crippen molar-refractivity contribution < 1.29 is 5.11 Å². The Kier molecular flexibility index (Phi) is 5.36. The van der Waals surface area contributed by atoms with Crippen molar-refractivity contribution in [1.29, 1.82) is 0 Å². The van der Waals surface area contributed by atoms with Gasteiger partial charge in [0.15, 0.2) is 0 Å². The van der Waals surface area contributed by atoms with E-state index in [1.807, 2.05) is 14.1 Å². The van der Waals surface area contributed by atoms with E-state index in [1.165, 1.54) is 0 Å². The number of anilines is 1. The molecular formula is C16H28ClNO. The van der Waals surface area contributed by atoms with Crippen molar-refractivity contribution >= 4 is 18.1 Å². The monoisotopic (exact) mass is 285 g/mol. The fourth-order valence-electron chi connectivity index (χ4n) is 2.02. The van der Waals surface area contributed by atoms with Gasteiger partial charge in [-0.3, -0.25) is 0 Å². The fourth-order valence-corrected chi connectivity index (χ4v) is 2.02. The first-order valence-electron chi connectivity index (χ1n) is 6.50. The Morgan fingerprint density at radius 2 is 1.16 bits per heavy atom. The molecule has 0 aliphatic rings. The van der Waals surface area contributed by atoms with Crippen LogP contribution >= 0.6 is 12.4 Å². The zero-order chi connectivity index (χ0) is 14.3. The van der Waals surface area contributed by atoms with E-state index in [4.69, 9.17) is 0 Å². The molecule has 0 unspecified atom stereocenters. The summed E-state index contributed by atoms with van der Waals surface area (Å²) >= 11 is 0. The molecule has 0 aliphatic heterocycles. The van der Waals surface area contributed by atoms with Crippen LogP contribution in [0.2, 0.25) is 0 Å². The second-order valence-corrected chi connectivity index (χ2v) is 7.28. The lowest BCUT2D eigenvalue weighted by atomic mass is 9.79. The maximum atomic E-state index is 10.5. The maximum Gasteiger partial charge on any atom is 0.123 e. The van der Waals surface area contributed by atoms with Gasteiger partial charge in [-0.05, 0) is 23.0 Å². The van der Waals surface area contributed by atoms with Gasteiger partial charge in [0.25, 0.3) is 0 Å². The predicted molar refractivity (Wildman–Crippen MR) is 87.1 cm³/mol. The summed E-state index contributed by atoms with van der Waals surface area (Å²) < 4.78 is 0. The van der Waals surface area contributed by atoms with Gasteiger partial charge in [0.1, 0.15) is 5.75 Å². The molecule has 1 aromatic rings. The Morgan fingerprint density at radius 1 is 0.842 bits per heavy atom. The summed E-state index contributed by atoms with van der Waals surface area (Å²) in [5.41, 5.74) is 3.05. The SMILES string of the molecule is CN(C)c1cc(C(C)(C)C)c(O)c(C(C)(C)C)c1.Cl. The van der Waals surface area contributed by atoms with Gasteiger partial charge < -0.3 is 10.0 Å². The van der Waals surface area contributed by atoms with Gasteiger partial charge in [-0.1, -0.05) is 41.5 Å². The molecule has 0 fully saturated rings. The minimum Gasteiger partial charge on any atom is -0.507 e. The Labute approximate surface area is 124 Å². The van der Waals surface area contributed by atoms with E-state index in [0.717, 1.165) is 16.8 Å². The molecule has 110 valence electrons. The number of phenols is 1. The average molecular weight is 286 g/mol. The van der Waals surface area contributed by atoms with Crippen molar-refractivity contribution in [3.05, 3.63) is 23.3 Å². The first-order chi connectivity index (χ1) is 7.94. The zero-order valence-electron chi connectivity index (χ0n) is 13.5. The molecule has 0 aliphatic carbocycles. The molecular weight excluding hydrogens is 258 g/mol. The second-order valence-electron chi connectivity index (χ2n) is 7.28. The van der Waals surface area contributed by atoms with E-state index in [1.54, 1.807) is 0 Å². The maximum absolute atomic E-state index is 10.5. The van der Waals surface area contributed by atoms with Gasteiger partial charge in [-0.15, -0.1) is 12.4 Å². The molecule has 1 aromatic carbocycles. The molecule has 1 N–H and O–H groups in total. The lowest BCUT2D eigenvalue weighted by Crippen LogP contribution is -2.19. The van der Waals surface area contributed by atoms with E-state index in [-0.39, 0.29) is 23.2 Å². The summed E-state index contributed by atoms with van der Waals surface area (Å²) in [6.45, 7) is 12.8. The van der Waals surface area contributed by atoms with Crippen LogP contribution in [0.5, 0.6) is 5.75 Å². The molecule has 3 heteroatoms. The van der Waals surface area contributed by atoms with Crippen molar-refractivity contribution in [2.75, 3.05) is 19.0 Å². The quantitative estimate of drug-likeness (QED) is 0.823. The summed E-state index contributed by atoms with van der Waals surface area (Å²) in [6, 6.07) is 4.18. The molecule has 1 rings (SSSR count). The van der Waals surface area contributed by atoms with Crippen LogP contribution in [0.1, 0.15) is 52.7 Å². The van der Waals surface area contributed by atoms with Crippen LogP contribution in [-0.2, 0) is 10.8 Å². The van der Waals surface area contributed by atoms with E-state index >= 15 is 0 Å². The number of hydrogen-bond donors (Lipinski definition) is 1. The van der Waals surface area contributed by atoms with Gasteiger partial charge >= 0.3 is 0 Å². The summed E-state index contributed by atoms with van der Waals surface area (Å²) in [5, 5.41) is 10.5. The van der Waals surface area contributed by atoms with Gasteiger partial charge in [-0.25, -0.2) is 0 Å². The largest absolute Gasteiger partial charge is 0.507 e. The molecule has 0 spiro atoms. The molecule has 0 heterocycles.